The van der Waals surface area contributed by atoms with Crippen molar-refractivity contribution in [2.24, 2.45) is 0 Å². The minimum atomic E-state index is -0.133. The van der Waals surface area contributed by atoms with E-state index >= 15 is 0 Å². The van der Waals surface area contributed by atoms with E-state index in [1.165, 1.54) is 12.5 Å². The number of carbonyl (C=O) groups is 2. The molecule has 0 aliphatic heterocycles. The number of nitrogens with one attached hydrogen (secondary N) is 1. The fourth-order valence-corrected chi connectivity index (χ4v) is 2.55. The molecule has 0 saturated carbocycles. The van der Waals surface area contributed by atoms with Crippen molar-refractivity contribution in [1.82, 2.24) is 0 Å². The Labute approximate surface area is 147 Å². The van der Waals surface area contributed by atoms with Crippen LogP contribution in [0.4, 0.5) is 11.4 Å². The fourth-order valence-electron chi connectivity index (χ4n) is 2.37. The highest BCUT2D eigenvalue weighted by Crippen LogP contribution is 2.20. The summed E-state index contributed by atoms with van der Waals surface area (Å²) in [4.78, 5) is 25.6. The van der Waals surface area contributed by atoms with E-state index in [0.29, 0.717) is 17.3 Å². The van der Waals surface area contributed by atoms with Crippen molar-refractivity contribution < 1.29 is 9.59 Å². The van der Waals surface area contributed by atoms with Crippen LogP contribution < -0.4 is 10.2 Å². The number of rotatable bonds is 5. The second kappa shape index (κ2) is 7.97. The molecule has 2 rings (SSSR count). The minimum absolute atomic E-state index is 0.128. The van der Waals surface area contributed by atoms with E-state index in [9.17, 15) is 9.59 Å². The molecule has 4 nitrogen and oxygen atoms in total. The molecule has 1 N–H and O–H groups in total. The maximum absolute atomic E-state index is 12.2. The van der Waals surface area contributed by atoms with Crippen molar-refractivity contribution in [1.29, 1.82) is 0 Å². The van der Waals surface area contributed by atoms with Crippen LogP contribution in [0.25, 0.3) is 0 Å². The predicted octanol–water partition coefficient (Wildman–Crippen LogP) is 4.34. The zero-order chi connectivity index (χ0) is 17.7. The van der Waals surface area contributed by atoms with Crippen molar-refractivity contribution in [3.8, 4) is 0 Å². The van der Waals surface area contributed by atoms with E-state index in [0.717, 1.165) is 11.3 Å². The zero-order valence-corrected chi connectivity index (χ0v) is 14.9. The summed E-state index contributed by atoms with van der Waals surface area (Å²) in [5.74, 6) is -0.261. The average Bonchev–Trinajstić information content (AvgIpc) is 2.51. The Hall–Kier alpha value is -2.33. The molecule has 0 fully saturated rings. The summed E-state index contributed by atoms with van der Waals surface area (Å²) in [7, 11) is 0. The summed E-state index contributed by atoms with van der Waals surface area (Å²) < 4.78 is 0. The smallest absolute Gasteiger partial charge is 0.226 e. The molecule has 2 aromatic carbocycles. The van der Waals surface area contributed by atoms with Crippen molar-refractivity contribution >= 4 is 34.8 Å². The summed E-state index contributed by atoms with van der Waals surface area (Å²) in [6.45, 7) is 5.80. The summed E-state index contributed by atoms with van der Waals surface area (Å²) >= 11 is 5.97. The lowest BCUT2D eigenvalue weighted by atomic mass is 10.1. The van der Waals surface area contributed by atoms with Crippen molar-refractivity contribution in [3.05, 3.63) is 58.6 Å². The number of amides is 2. The molecule has 0 heterocycles. The number of halogens is 1. The van der Waals surface area contributed by atoms with Gasteiger partial charge < -0.3 is 10.2 Å². The average molecular weight is 345 g/mol. The van der Waals surface area contributed by atoms with Gasteiger partial charge >= 0.3 is 0 Å². The monoisotopic (exact) mass is 344 g/mol. The molecule has 0 saturated heterocycles. The van der Waals surface area contributed by atoms with E-state index in [2.05, 4.69) is 5.32 Å². The van der Waals surface area contributed by atoms with E-state index in [1.807, 2.05) is 32.0 Å². The first kappa shape index (κ1) is 18.0. The lowest BCUT2D eigenvalue weighted by Crippen LogP contribution is -2.31. The Morgan fingerprint density at radius 1 is 1.08 bits per heavy atom. The number of hydrogen-bond acceptors (Lipinski definition) is 2. The topological polar surface area (TPSA) is 49.4 Å². The Balaban J connectivity index is 2.00. The maximum Gasteiger partial charge on any atom is 0.226 e. The number of carbonyl (C=O) groups excluding carboxylic acids is 2. The first-order valence-corrected chi connectivity index (χ1v) is 8.15. The third kappa shape index (κ3) is 4.83. The van der Waals surface area contributed by atoms with Gasteiger partial charge in [-0.3, -0.25) is 9.59 Å². The van der Waals surface area contributed by atoms with Gasteiger partial charge in [0.1, 0.15) is 0 Å². The van der Waals surface area contributed by atoms with Gasteiger partial charge in [0.05, 0.1) is 0 Å². The van der Waals surface area contributed by atoms with Gasteiger partial charge in [-0.15, -0.1) is 0 Å². The van der Waals surface area contributed by atoms with Gasteiger partial charge in [-0.25, -0.2) is 0 Å². The zero-order valence-electron chi connectivity index (χ0n) is 14.1. The predicted molar refractivity (Wildman–Crippen MR) is 98.6 cm³/mol. The Morgan fingerprint density at radius 3 is 2.46 bits per heavy atom. The molecule has 0 aliphatic carbocycles. The Kier molecular flexibility index (Phi) is 5.99. The van der Waals surface area contributed by atoms with Gasteiger partial charge in [0.2, 0.25) is 11.8 Å². The summed E-state index contributed by atoms with van der Waals surface area (Å²) in [5.41, 5.74) is 3.75. The van der Waals surface area contributed by atoms with Crippen LogP contribution in [0.5, 0.6) is 0 Å². The number of anilines is 2. The lowest BCUT2D eigenvalue weighted by Gasteiger charge is -2.21. The van der Waals surface area contributed by atoms with E-state index in [4.69, 9.17) is 11.6 Å². The molecule has 2 aromatic rings. The van der Waals surface area contributed by atoms with Gasteiger partial charge in [0.25, 0.3) is 0 Å². The molecule has 0 bridgehead atoms. The lowest BCUT2D eigenvalue weighted by molar-refractivity contribution is -0.117. The molecule has 0 atom stereocenters. The normalized spacial score (nSPS) is 10.3. The van der Waals surface area contributed by atoms with Crippen LogP contribution >= 0.6 is 11.6 Å². The molecule has 0 aliphatic rings. The van der Waals surface area contributed by atoms with Crippen LogP contribution in [0.1, 0.15) is 24.5 Å². The summed E-state index contributed by atoms with van der Waals surface area (Å²) in [6.07, 6.45) is 0.207. The Bertz CT molecular complexity index is 759. The van der Waals surface area contributed by atoms with Crippen LogP contribution in [0.3, 0.4) is 0 Å². The molecular weight excluding hydrogens is 324 g/mol. The quantitative estimate of drug-likeness (QED) is 0.877. The van der Waals surface area contributed by atoms with Crippen LogP contribution in [0.15, 0.2) is 42.5 Å². The highest BCUT2D eigenvalue weighted by Gasteiger charge is 2.14. The van der Waals surface area contributed by atoms with E-state index < -0.39 is 0 Å². The number of hydrogen-bond donors (Lipinski definition) is 1. The second-order valence-corrected chi connectivity index (χ2v) is 6.18. The molecule has 24 heavy (non-hydrogen) atoms. The first-order valence-electron chi connectivity index (χ1n) is 7.77. The molecular formula is C19H21ClN2O2. The second-order valence-electron chi connectivity index (χ2n) is 5.75. The van der Waals surface area contributed by atoms with Crippen molar-refractivity contribution in [2.45, 2.75) is 27.2 Å². The number of nitrogens with zero attached hydrogens (tertiary/aromatic N) is 1. The summed E-state index contributed by atoms with van der Waals surface area (Å²) in [5, 5.41) is 3.42. The third-order valence-corrected chi connectivity index (χ3v) is 4.09. The largest absolute Gasteiger partial charge is 0.326 e. The van der Waals surface area contributed by atoms with Gasteiger partial charge in [-0.05, 0) is 55.3 Å². The van der Waals surface area contributed by atoms with Crippen molar-refractivity contribution in [2.75, 3.05) is 16.8 Å². The standard InChI is InChI=1S/C19H21ClN2O2/c1-13-7-8-17(11-14(13)2)21-19(24)9-10-22(15(3)23)18-6-4-5-16(20)12-18/h4-8,11-12H,9-10H2,1-3H3,(H,21,24). The highest BCUT2D eigenvalue weighted by atomic mass is 35.5. The maximum atomic E-state index is 12.2. The van der Waals surface area contributed by atoms with Gasteiger partial charge in [-0.2, -0.15) is 0 Å². The SMILES string of the molecule is CC(=O)N(CCC(=O)Nc1ccc(C)c(C)c1)c1cccc(Cl)c1. The van der Waals surface area contributed by atoms with Crippen LogP contribution in [-0.2, 0) is 9.59 Å². The van der Waals surface area contributed by atoms with Crippen LogP contribution in [0.2, 0.25) is 5.02 Å². The summed E-state index contributed by atoms with van der Waals surface area (Å²) in [6, 6.07) is 12.8. The first-order chi connectivity index (χ1) is 11.4. The van der Waals surface area contributed by atoms with Crippen molar-refractivity contribution in [3.63, 3.8) is 0 Å². The fraction of sp³-hybridized carbons (Fsp3) is 0.263. The highest BCUT2D eigenvalue weighted by molar-refractivity contribution is 6.30. The number of aryl methyl sites for hydroxylation is 2. The van der Waals surface area contributed by atoms with Gasteiger partial charge in [0.15, 0.2) is 0 Å². The molecule has 0 unspecified atom stereocenters. The Morgan fingerprint density at radius 2 is 1.83 bits per heavy atom. The van der Waals surface area contributed by atoms with Crippen LogP contribution in [-0.4, -0.2) is 18.4 Å². The third-order valence-electron chi connectivity index (χ3n) is 3.85. The minimum Gasteiger partial charge on any atom is -0.326 e. The molecule has 126 valence electrons. The van der Waals surface area contributed by atoms with Gasteiger partial charge in [-0.1, -0.05) is 23.7 Å². The molecule has 0 radical (unpaired) electrons. The number of benzene rings is 2. The molecule has 2 amide bonds. The van der Waals surface area contributed by atoms with Gasteiger partial charge in [0, 0.05) is 36.3 Å². The molecule has 0 spiro atoms. The van der Waals surface area contributed by atoms with Crippen LogP contribution in [0, 0.1) is 13.8 Å². The molecule has 0 aromatic heterocycles. The molecule has 5 heteroatoms. The van der Waals surface area contributed by atoms with E-state index in [-0.39, 0.29) is 18.2 Å². The van der Waals surface area contributed by atoms with E-state index in [1.54, 1.807) is 29.2 Å².